The molecule has 4 aromatic rings. The van der Waals surface area contributed by atoms with E-state index in [4.69, 9.17) is 16.0 Å². The third kappa shape index (κ3) is 3.22. The molecular formula is C23H15ClN2O4S. The maximum atomic E-state index is 13.3. The van der Waals surface area contributed by atoms with E-state index >= 15 is 0 Å². The van der Waals surface area contributed by atoms with E-state index in [1.54, 1.807) is 37.3 Å². The largest absolute Gasteiger partial charge is 0.503 e. The Morgan fingerprint density at radius 2 is 1.87 bits per heavy atom. The van der Waals surface area contributed by atoms with E-state index in [1.807, 2.05) is 24.3 Å². The van der Waals surface area contributed by atoms with Gasteiger partial charge in [-0.3, -0.25) is 14.5 Å². The van der Waals surface area contributed by atoms with Crippen LogP contribution in [0, 0.1) is 6.92 Å². The summed E-state index contributed by atoms with van der Waals surface area (Å²) in [6.07, 6.45) is 0. The molecule has 0 bridgehead atoms. The Bertz CT molecular complexity index is 1340. The molecule has 1 atom stereocenters. The van der Waals surface area contributed by atoms with E-state index in [-0.39, 0.29) is 11.3 Å². The number of halogens is 1. The lowest BCUT2D eigenvalue weighted by Gasteiger charge is -2.24. The lowest BCUT2D eigenvalue weighted by atomic mass is 9.95. The second-order valence-corrected chi connectivity index (χ2v) is 8.54. The van der Waals surface area contributed by atoms with Crippen molar-refractivity contribution in [3.05, 3.63) is 94.1 Å². The Morgan fingerprint density at radius 1 is 1.13 bits per heavy atom. The minimum Gasteiger partial charge on any atom is -0.503 e. The molecule has 1 unspecified atom stereocenters. The first-order valence-electron chi connectivity index (χ1n) is 9.43. The van der Waals surface area contributed by atoms with Gasteiger partial charge in [-0.25, -0.2) is 4.98 Å². The number of aromatic nitrogens is 1. The molecule has 1 N–H and O–H groups in total. The van der Waals surface area contributed by atoms with E-state index in [0.717, 1.165) is 10.2 Å². The summed E-state index contributed by atoms with van der Waals surface area (Å²) in [5, 5.41) is 11.7. The molecule has 0 saturated carbocycles. The van der Waals surface area contributed by atoms with E-state index in [1.165, 1.54) is 22.3 Å². The van der Waals surface area contributed by atoms with Gasteiger partial charge in [-0.05, 0) is 48.9 Å². The molecule has 0 saturated heterocycles. The van der Waals surface area contributed by atoms with Gasteiger partial charge in [-0.1, -0.05) is 47.2 Å². The van der Waals surface area contributed by atoms with Gasteiger partial charge in [-0.15, -0.1) is 0 Å². The first-order chi connectivity index (χ1) is 14.9. The van der Waals surface area contributed by atoms with Crippen molar-refractivity contribution in [2.24, 2.45) is 0 Å². The number of carbonyl (C=O) groups excluding carboxylic acids is 2. The van der Waals surface area contributed by atoms with Gasteiger partial charge in [0.2, 0.25) is 5.78 Å². The molecule has 31 heavy (non-hydrogen) atoms. The molecule has 0 spiro atoms. The number of anilines is 1. The Balaban J connectivity index is 1.68. The van der Waals surface area contributed by atoms with Crippen LogP contribution in [-0.2, 0) is 4.79 Å². The number of furan rings is 1. The molecule has 1 aliphatic rings. The first-order valence-corrected chi connectivity index (χ1v) is 10.6. The fraction of sp³-hybridized carbons (Fsp3) is 0.0870. The van der Waals surface area contributed by atoms with Crippen LogP contribution in [0.25, 0.3) is 10.2 Å². The number of aliphatic hydroxyl groups excluding tert-OH is 1. The third-order valence-electron chi connectivity index (χ3n) is 5.09. The van der Waals surface area contributed by atoms with Gasteiger partial charge in [-0.2, -0.15) is 0 Å². The fourth-order valence-corrected chi connectivity index (χ4v) is 4.77. The van der Waals surface area contributed by atoms with Gasteiger partial charge < -0.3 is 9.52 Å². The minimum atomic E-state index is -0.872. The molecular weight excluding hydrogens is 436 g/mol. The predicted molar refractivity (Wildman–Crippen MR) is 119 cm³/mol. The number of Topliss-reactive ketones (excluding diaryl/α,β-unsaturated/α-hetero) is 1. The van der Waals surface area contributed by atoms with Crippen LogP contribution in [-0.4, -0.2) is 21.8 Å². The number of aryl methyl sites for hydroxylation is 1. The quantitative estimate of drug-likeness (QED) is 0.407. The van der Waals surface area contributed by atoms with Crippen molar-refractivity contribution >= 4 is 50.0 Å². The highest BCUT2D eigenvalue weighted by Gasteiger charge is 2.46. The molecule has 0 fully saturated rings. The summed E-state index contributed by atoms with van der Waals surface area (Å²) in [5.41, 5.74) is 1.29. The monoisotopic (exact) mass is 450 g/mol. The van der Waals surface area contributed by atoms with Crippen molar-refractivity contribution in [2.75, 3.05) is 4.90 Å². The Hall–Kier alpha value is -3.42. The zero-order chi connectivity index (χ0) is 21.7. The number of hydrogen-bond donors (Lipinski definition) is 1. The Morgan fingerprint density at radius 3 is 2.55 bits per heavy atom. The van der Waals surface area contributed by atoms with Gasteiger partial charge in [0.15, 0.2) is 16.7 Å². The first kappa shape index (κ1) is 19.5. The Labute approximate surface area is 186 Å². The standard InChI is InChI=1S/C23H15ClN2O4S/c1-12-6-11-16(30-12)20(27)18-19(13-7-9-14(24)10-8-13)26(22(29)21(18)28)23-25-15-4-2-3-5-17(15)31-23/h2-11,19,28H,1H3. The molecule has 6 nitrogen and oxygen atoms in total. The van der Waals surface area contributed by atoms with Crippen LogP contribution in [0.4, 0.5) is 5.13 Å². The fourth-order valence-electron chi connectivity index (χ4n) is 3.65. The van der Waals surface area contributed by atoms with Crippen LogP contribution >= 0.6 is 22.9 Å². The van der Waals surface area contributed by atoms with Crippen molar-refractivity contribution in [3.8, 4) is 0 Å². The molecule has 3 heterocycles. The summed E-state index contributed by atoms with van der Waals surface area (Å²) < 4.78 is 6.36. The molecule has 1 amide bonds. The number of hydrogen-bond acceptors (Lipinski definition) is 6. The highest BCUT2D eigenvalue weighted by molar-refractivity contribution is 7.22. The summed E-state index contributed by atoms with van der Waals surface area (Å²) in [6.45, 7) is 1.72. The van der Waals surface area contributed by atoms with Gasteiger partial charge in [0.25, 0.3) is 5.91 Å². The number of carbonyl (C=O) groups is 2. The number of rotatable bonds is 4. The maximum absolute atomic E-state index is 13.3. The van der Waals surface area contributed by atoms with Crippen LogP contribution in [0.3, 0.4) is 0 Å². The third-order valence-corrected chi connectivity index (χ3v) is 6.38. The van der Waals surface area contributed by atoms with Crippen molar-refractivity contribution in [1.29, 1.82) is 0 Å². The molecule has 2 aromatic heterocycles. The second kappa shape index (κ2) is 7.37. The van der Waals surface area contributed by atoms with Crippen molar-refractivity contribution in [3.63, 3.8) is 0 Å². The predicted octanol–water partition coefficient (Wildman–Crippen LogP) is 5.63. The number of fused-ring (bicyclic) bond motifs is 1. The number of thiazole rings is 1. The van der Waals surface area contributed by atoms with Crippen molar-refractivity contribution in [1.82, 2.24) is 4.98 Å². The number of para-hydroxylation sites is 1. The van der Waals surface area contributed by atoms with E-state index in [0.29, 0.717) is 21.5 Å². The van der Waals surface area contributed by atoms with E-state index in [2.05, 4.69) is 4.98 Å². The topological polar surface area (TPSA) is 83.6 Å². The van der Waals surface area contributed by atoms with Gasteiger partial charge in [0.1, 0.15) is 5.76 Å². The zero-order valence-corrected chi connectivity index (χ0v) is 17.8. The van der Waals surface area contributed by atoms with Gasteiger partial charge in [0, 0.05) is 5.02 Å². The number of benzene rings is 2. The summed E-state index contributed by atoms with van der Waals surface area (Å²) in [4.78, 5) is 32.4. The normalized spacial score (nSPS) is 16.5. The van der Waals surface area contributed by atoms with E-state index in [9.17, 15) is 14.7 Å². The molecule has 5 rings (SSSR count). The highest BCUT2D eigenvalue weighted by atomic mass is 35.5. The minimum absolute atomic E-state index is 0.0527. The Kier molecular flexibility index (Phi) is 4.64. The smallest absolute Gasteiger partial charge is 0.296 e. The zero-order valence-electron chi connectivity index (χ0n) is 16.2. The summed E-state index contributed by atoms with van der Waals surface area (Å²) >= 11 is 7.36. The van der Waals surface area contributed by atoms with E-state index < -0.39 is 23.5 Å². The average Bonchev–Trinajstić information content (AvgIpc) is 3.45. The summed E-state index contributed by atoms with van der Waals surface area (Å²) in [7, 11) is 0. The lowest BCUT2D eigenvalue weighted by Crippen LogP contribution is -2.30. The van der Waals surface area contributed by atoms with Gasteiger partial charge >= 0.3 is 0 Å². The molecule has 1 aliphatic heterocycles. The number of amides is 1. The average molecular weight is 451 g/mol. The molecule has 2 aromatic carbocycles. The number of aliphatic hydroxyl groups is 1. The molecule has 154 valence electrons. The van der Waals surface area contributed by atoms with Crippen molar-refractivity contribution < 1.29 is 19.1 Å². The molecule has 8 heteroatoms. The van der Waals surface area contributed by atoms with Crippen LogP contribution in [0.15, 0.2) is 76.4 Å². The highest BCUT2D eigenvalue weighted by Crippen LogP contribution is 2.44. The second-order valence-electron chi connectivity index (χ2n) is 7.10. The van der Waals surface area contributed by atoms with Crippen molar-refractivity contribution in [2.45, 2.75) is 13.0 Å². The SMILES string of the molecule is Cc1ccc(C(=O)C2=C(O)C(=O)N(c3nc4ccccc4s3)C2c2ccc(Cl)cc2)o1. The number of ketones is 1. The molecule has 0 radical (unpaired) electrons. The lowest BCUT2D eigenvalue weighted by molar-refractivity contribution is -0.117. The summed E-state index contributed by atoms with van der Waals surface area (Å²) in [6, 6.07) is 16.6. The van der Waals surface area contributed by atoms with Crippen LogP contribution in [0.2, 0.25) is 5.02 Å². The molecule has 0 aliphatic carbocycles. The van der Waals surface area contributed by atoms with Crippen LogP contribution < -0.4 is 4.90 Å². The van der Waals surface area contributed by atoms with Gasteiger partial charge in [0.05, 0.1) is 21.8 Å². The van der Waals surface area contributed by atoms with Crippen LogP contribution in [0.1, 0.15) is 27.9 Å². The van der Waals surface area contributed by atoms with Crippen LogP contribution in [0.5, 0.6) is 0 Å². The number of nitrogens with zero attached hydrogens (tertiary/aromatic N) is 2. The maximum Gasteiger partial charge on any atom is 0.296 e. The summed E-state index contributed by atoms with van der Waals surface area (Å²) in [5.74, 6) is -1.25.